The lowest BCUT2D eigenvalue weighted by Gasteiger charge is -2.25. The predicted molar refractivity (Wildman–Crippen MR) is 83.0 cm³/mol. The van der Waals surface area contributed by atoms with E-state index in [-0.39, 0.29) is 0 Å². The third-order valence-corrected chi connectivity index (χ3v) is 5.24. The normalized spacial score (nSPS) is 29.4. The lowest BCUT2D eigenvalue weighted by atomic mass is 9.80. The van der Waals surface area contributed by atoms with Crippen LogP contribution in [0.4, 0.5) is 0 Å². The summed E-state index contributed by atoms with van der Waals surface area (Å²) >= 11 is 0. The van der Waals surface area contributed by atoms with E-state index in [9.17, 15) is 0 Å². The molecule has 0 aliphatic heterocycles. The third-order valence-electron chi connectivity index (χ3n) is 5.24. The zero-order chi connectivity index (χ0) is 13.9. The summed E-state index contributed by atoms with van der Waals surface area (Å²) in [5, 5.41) is 0. The first kappa shape index (κ1) is 14.1. The molecule has 1 aromatic carbocycles. The van der Waals surface area contributed by atoms with Crippen LogP contribution in [-0.2, 0) is 17.6 Å². The second-order valence-electron chi connectivity index (χ2n) is 6.69. The molecule has 2 nitrogen and oxygen atoms in total. The number of methoxy groups -OCH3 is 1. The van der Waals surface area contributed by atoms with Gasteiger partial charge in [0.1, 0.15) is 0 Å². The van der Waals surface area contributed by atoms with E-state index < -0.39 is 0 Å². The van der Waals surface area contributed by atoms with Gasteiger partial charge in [-0.15, -0.1) is 0 Å². The first-order chi connectivity index (χ1) is 9.76. The molecule has 0 bridgehead atoms. The monoisotopic (exact) mass is 273 g/mol. The second-order valence-corrected chi connectivity index (χ2v) is 6.69. The van der Waals surface area contributed by atoms with E-state index in [0.29, 0.717) is 12.0 Å². The number of rotatable bonds is 4. The molecular formula is C18H27NO. The topological polar surface area (TPSA) is 35.2 Å². The minimum Gasteiger partial charge on any atom is -0.385 e. The molecule has 0 saturated heterocycles. The van der Waals surface area contributed by atoms with E-state index in [1.807, 2.05) is 0 Å². The van der Waals surface area contributed by atoms with Crippen LogP contribution < -0.4 is 5.73 Å². The van der Waals surface area contributed by atoms with E-state index in [4.69, 9.17) is 10.5 Å². The number of hydrogen-bond donors (Lipinski definition) is 1. The first-order valence-corrected chi connectivity index (χ1v) is 8.12. The van der Waals surface area contributed by atoms with Crippen LogP contribution in [0.5, 0.6) is 0 Å². The fourth-order valence-electron chi connectivity index (χ4n) is 3.95. The van der Waals surface area contributed by atoms with Gasteiger partial charge in [0.25, 0.3) is 0 Å². The summed E-state index contributed by atoms with van der Waals surface area (Å²) in [6.45, 7) is 0.901. The summed E-state index contributed by atoms with van der Waals surface area (Å²) in [4.78, 5) is 0. The maximum absolute atomic E-state index is 6.05. The molecule has 2 aliphatic carbocycles. The van der Waals surface area contributed by atoms with Gasteiger partial charge in [0.2, 0.25) is 0 Å². The maximum atomic E-state index is 6.05. The van der Waals surface area contributed by atoms with Crippen molar-refractivity contribution in [3.63, 3.8) is 0 Å². The summed E-state index contributed by atoms with van der Waals surface area (Å²) in [5.74, 6) is 1.52. The number of nitrogens with two attached hydrogens (primary N) is 1. The standard InChI is InChI=1S/C18H27NO/c1-20-9-8-13-2-3-15-11-16(5-4-14(15)10-13)17-6-7-18(19)12-17/h4-5,11,13,17-18H,2-3,6-10,12,19H2,1H3/t13?,17?,18-/m1/s1. The average molecular weight is 273 g/mol. The second kappa shape index (κ2) is 6.28. The van der Waals surface area contributed by atoms with Gasteiger partial charge in [-0.05, 0) is 73.5 Å². The number of hydrogen-bond acceptors (Lipinski definition) is 2. The summed E-state index contributed by atoms with van der Waals surface area (Å²) in [5.41, 5.74) is 10.8. The highest BCUT2D eigenvalue weighted by Crippen LogP contribution is 2.36. The molecular weight excluding hydrogens is 246 g/mol. The molecule has 2 heteroatoms. The summed E-state index contributed by atoms with van der Waals surface area (Å²) < 4.78 is 5.22. The fraction of sp³-hybridized carbons (Fsp3) is 0.667. The van der Waals surface area contributed by atoms with E-state index in [1.54, 1.807) is 18.2 Å². The number of aryl methyl sites for hydroxylation is 1. The molecule has 2 aliphatic rings. The Morgan fingerprint density at radius 2 is 2.10 bits per heavy atom. The molecule has 0 amide bonds. The molecule has 3 rings (SSSR count). The van der Waals surface area contributed by atoms with Gasteiger partial charge in [-0.1, -0.05) is 18.2 Å². The number of benzene rings is 1. The Morgan fingerprint density at radius 1 is 1.20 bits per heavy atom. The molecule has 1 fully saturated rings. The average Bonchev–Trinajstić information content (AvgIpc) is 2.91. The van der Waals surface area contributed by atoms with Gasteiger partial charge in [-0.3, -0.25) is 0 Å². The van der Waals surface area contributed by atoms with Crippen LogP contribution in [0.15, 0.2) is 18.2 Å². The molecule has 1 aromatic rings. The lowest BCUT2D eigenvalue weighted by Crippen LogP contribution is -2.17. The van der Waals surface area contributed by atoms with Crippen molar-refractivity contribution >= 4 is 0 Å². The predicted octanol–water partition coefficient (Wildman–Crippen LogP) is 3.42. The number of fused-ring (bicyclic) bond motifs is 1. The van der Waals surface area contributed by atoms with Crippen LogP contribution in [-0.4, -0.2) is 19.8 Å². The molecule has 3 atom stereocenters. The van der Waals surface area contributed by atoms with Crippen molar-refractivity contribution in [2.24, 2.45) is 11.7 Å². The minimum atomic E-state index is 0.425. The molecule has 2 unspecified atom stereocenters. The Labute approximate surface area is 122 Å². The Bertz CT molecular complexity index is 457. The van der Waals surface area contributed by atoms with E-state index in [1.165, 1.54) is 50.5 Å². The van der Waals surface area contributed by atoms with Crippen molar-refractivity contribution in [2.45, 2.75) is 56.9 Å². The summed E-state index contributed by atoms with van der Waals surface area (Å²) in [7, 11) is 1.80. The number of ether oxygens (including phenoxy) is 1. The van der Waals surface area contributed by atoms with Crippen molar-refractivity contribution in [3.05, 3.63) is 34.9 Å². The van der Waals surface area contributed by atoms with Crippen molar-refractivity contribution in [3.8, 4) is 0 Å². The van der Waals surface area contributed by atoms with Gasteiger partial charge in [0.15, 0.2) is 0 Å². The van der Waals surface area contributed by atoms with E-state index in [2.05, 4.69) is 18.2 Å². The Balaban J connectivity index is 1.68. The summed E-state index contributed by atoms with van der Waals surface area (Å²) in [6, 6.07) is 7.65. The van der Waals surface area contributed by atoms with E-state index in [0.717, 1.165) is 12.5 Å². The van der Waals surface area contributed by atoms with Crippen molar-refractivity contribution in [1.29, 1.82) is 0 Å². The van der Waals surface area contributed by atoms with Crippen molar-refractivity contribution in [2.75, 3.05) is 13.7 Å². The third kappa shape index (κ3) is 3.07. The molecule has 0 radical (unpaired) electrons. The van der Waals surface area contributed by atoms with Crippen LogP contribution in [0.1, 0.15) is 54.7 Å². The highest BCUT2D eigenvalue weighted by Gasteiger charge is 2.25. The van der Waals surface area contributed by atoms with Gasteiger partial charge < -0.3 is 10.5 Å². The van der Waals surface area contributed by atoms with Crippen molar-refractivity contribution in [1.82, 2.24) is 0 Å². The van der Waals surface area contributed by atoms with Gasteiger partial charge in [0.05, 0.1) is 0 Å². The van der Waals surface area contributed by atoms with Gasteiger partial charge in [-0.2, -0.15) is 0 Å². The van der Waals surface area contributed by atoms with Gasteiger partial charge in [0, 0.05) is 19.8 Å². The maximum Gasteiger partial charge on any atom is 0.0465 e. The molecule has 1 saturated carbocycles. The molecule has 0 aromatic heterocycles. The SMILES string of the molecule is COCCC1CCc2cc(C3CC[C@@H](N)C3)ccc2C1. The molecule has 20 heavy (non-hydrogen) atoms. The van der Waals surface area contributed by atoms with Crippen LogP contribution >= 0.6 is 0 Å². The Kier molecular flexibility index (Phi) is 4.42. The molecule has 2 N–H and O–H groups in total. The Hall–Kier alpha value is -0.860. The van der Waals surface area contributed by atoms with Crippen LogP contribution in [0.2, 0.25) is 0 Å². The van der Waals surface area contributed by atoms with Gasteiger partial charge in [-0.25, -0.2) is 0 Å². The van der Waals surface area contributed by atoms with Crippen molar-refractivity contribution < 1.29 is 4.74 Å². The lowest BCUT2D eigenvalue weighted by molar-refractivity contribution is 0.173. The van der Waals surface area contributed by atoms with Gasteiger partial charge >= 0.3 is 0 Å². The van der Waals surface area contributed by atoms with Crippen LogP contribution in [0.25, 0.3) is 0 Å². The van der Waals surface area contributed by atoms with E-state index >= 15 is 0 Å². The van der Waals surface area contributed by atoms with Crippen LogP contribution in [0, 0.1) is 5.92 Å². The minimum absolute atomic E-state index is 0.425. The highest BCUT2D eigenvalue weighted by atomic mass is 16.5. The summed E-state index contributed by atoms with van der Waals surface area (Å²) in [6.07, 6.45) is 8.66. The zero-order valence-electron chi connectivity index (χ0n) is 12.6. The largest absolute Gasteiger partial charge is 0.385 e. The zero-order valence-corrected chi connectivity index (χ0v) is 12.6. The van der Waals surface area contributed by atoms with Crippen LogP contribution in [0.3, 0.4) is 0 Å². The first-order valence-electron chi connectivity index (χ1n) is 8.12. The molecule has 0 spiro atoms. The molecule has 0 heterocycles. The molecule has 110 valence electrons. The smallest absolute Gasteiger partial charge is 0.0465 e. The Morgan fingerprint density at radius 3 is 2.85 bits per heavy atom. The quantitative estimate of drug-likeness (QED) is 0.912. The fourth-order valence-corrected chi connectivity index (χ4v) is 3.95. The highest BCUT2D eigenvalue weighted by molar-refractivity contribution is 5.36.